The van der Waals surface area contributed by atoms with Gasteiger partial charge in [0.2, 0.25) is 5.95 Å². The van der Waals surface area contributed by atoms with Gasteiger partial charge in [-0.05, 0) is 18.4 Å². The van der Waals surface area contributed by atoms with Crippen molar-refractivity contribution in [3.05, 3.63) is 42.1 Å². The second-order valence-electron chi connectivity index (χ2n) is 7.96. The molecule has 5 atom stereocenters. The molecule has 1 aliphatic heterocycles. The Bertz CT molecular complexity index is 1050. The van der Waals surface area contributed by atoms with E-state index < -0.39 is 37.2 Å². The largest absolute Gasteiger partial charge is 0.463 e. The smallest absolute Gasteiger partial charge is 0.318 e. The number of aliphatic hydroxyl groups excluding tert-OH is 4. The van der Waals surface area contributed by atoms with Crippen molar-refractivity contribution in [3.8, 4) is 6.01 Å². The fraction of sp³-hybridized carbons (Fsp3) is 0.500. The van der Waals surface area contributed by atoms with E-state index in [1.165, 1.54) is 10.8 Å². The highest BCUT2D eigenvalue weighted by molar-refractivity contribution is 5.74. The fourth-order valence-corrected chi connectivity index (χ4v) is 3.82. The van der Waals surface area contributed by atoms with Crippen LogP contribution in [0.4, 0.5) is 5.95 Å². The lowest BCUT2D eigenvalue weighted by atomic mass is 10.1. The van der Waals surface area contributed by atoms with Crippen LogP contribution < -0.4 is 10.1 Å². The van der Waals surface area contributed by atoms with E-state index in [1.807, 2.05) is 37.3 Å². The average Bonchev–Trinajstić information content (AvgIpc) is 3.33. The monoisotopic (exact) mass is 459 g/mol. The summed E-state index contributed by atoms with van der Waals surface area (Å²) in [5.74, 6) is 0.275. The number of nitrogens with one attached hydrogen (secondary N) is 1. The van der Waals surface area contributed by atoms with E-state index in [0.29, 0.717) is 24.2 Å². The molecule has 1 saturated heterocycles. The molecule has 1 aromatic carbocycles. The van der Waals surface area contributed by atoms with Gasteiger partial charge in [-0.1, -0.05) is 37.3 Å². The molecule has 33 heavy (non-hydrogen) atoms. The van der Waals surface area contributed by atoms with Gasteiger partial charge in [0.25, 0.3) is 0 Å². The van der Waals surface area contributed by atoms with Gasteiger partial charge in [-0.3, -0.25) is 4.57 Å². The van der Waals surface area contributed by atoms with Gasteiger partial charge < -0.3 is 35.2 Å². The number of hydrogen-bond acceptors (Lipinski definition) is 10. The lowest BCUT2D eigenvalue weighted by Crippen LogP contribution is -2.34. The van der Waals surface area contributed by atoms with Crippen molar-refractivity contribution in [1.29, 1.82) is 0 Å². The Morgan fingerprint density at radius 1 is 1.15 bits per heavy atom. The van der Waals surface area contributed by atoms with Crippen LogP contribution in [0.25, 0.3) is 11.2 Å². The first-order valence-electron chi connectivity index (χ1n) is 11.0. The van der Waals surface area contributed by atoms with Gasteiger partial charge in [0.05, 0.1) is 32.1 Å². The maximum absolute atomic E-state index is 10.7. The van der Waals surface area contributed by atoms with Crippen molar-refractivity contribution in [2.24, 2.45) is 0 Å². The zero-order chi connectivity index (χ0) is 23.4. The van der Waals surface area contributed by atoms with Gasteiger partial charge in [0, 0.05) is 0 Å². The Kier molecular flexibility index (Phi) is 7.36. The van der Waals surface area contributed by atoms with Crippen molar-refractivity contribution in [1.82, 2.24) is 19.5 Å². The van der Waals surface area contributed by atoms with E-state index >= 15 is 0 Å². The summed E-state index contributed by atoms with van der Waals surface area (Å²) < 4.78 is 12.8. The molecule has 2 aromatic heterocycles. The van der Waals surface area contributed by atoms with Gasteiger partial charge in [-0.25, -0.2) is 9.97 Å². The van der Waals surface area contributed by atoms with Gasteiger partial charge >= 0.3 is 6.01 Å². The molecule has 0 radical (unpaired) electrons. The van der Waals surface area contributed by atoms with Crippen LogP contribution >= 0.6 is 0 Å². The third-order valence-electron chi connectivity index (χ3n) is 5.50. The molecule has 0 bridgehead atoms. The molecular weight excluding hydrogens is 430 g/mol. The highest BCUT2D eigenvalue weighted by Gasteiger charge is 2.45. The lowest BCUT2D eigenvalue weighted by molar-refractivity contribution is -0.0502. The zero-order valence-electron chi connectivity index (χ0n) is 18.3. The van der Waals surface area contributed by atoms with Gasteiger partial charge in [-0.15, -0.1) is 0 Å². The number of aliphatic hydroxyl groups is 4. The summed E-state index contributed by atoms with van der Waals surface area (Å²) in [5.41, 5.74) is 1.76. The first-order chi connectivity index (χ1) is 16.0. The minimum atomic E-state index is -1.34. The van der Waals surface area contributed by atoms with Crippen LogP contribution in [0.2, 0.25) is 0 Å². The number of imidazole rings is 1. The molecule has 0 amide bonds. The van der Waals surface area contributed by atoms with Crippen molar-refractivity contribution in [2.75, 3.05) is 25.1 Å². The molecule has 5 N–H and O–H groups in total. The minimum Gasteiger partial charge on any atom is -0.463 e. The molecule has 1 fully saturated rings. The number of nitrogens with zero attached hydrogens (tertiary/aromatic N) is 4. The molecular formula is C22H29N5O6. The SMILES string of the molecule is CCCOc1ncc2nc(N[C@H](CO)Cc3ccccc3)n([C@@H]3O[C@H](CO)[C@@H](O)[C@H]3O)c2n1. The van der Waals surface area contributed by atoms with E-state index in [2.05, 4.69) is 20.3 Å². The van der Waals surface area contributed by atoms with Crippen molar-refractivity contribution < 1.29 is 29.9 Å². The molecule has 3 aromatic rings. The van der Waals surface area contributed by atoms with Gasteiger partial charge in [0.15, 0.2) is 11.9 Å². The summed E-state index contributed by atoms with van der Waals surface area (Å²) in [4.78, 5) is 13.2. The maximum Gasteiger partial charge on any atom is 0.318 e. The third-order valence-corrected chi connectivity index (χ3v) is 5.50. The van der Waals surface area contributed by atoms with Crippen molar-refractivity contribution in [2.45, 2.75) is 50.3 Å². The average molecular weight is 460 g/mol. The second-order valence-corrected chi connectivity index (χ2v) is 7.96. The minimum absolute atomic E-state index is 0.145. The fourth-order valence-electron chi connectivity index (χ4n) is 3.82. The summed E-state index contributed by atoms with van der Waals surface area (Å²) in [5, 5.41) is 43.7. The topological polar surface area (TPSA) is 155 Å². The predicted molar refractivity (Wildman–Crippen MR) is 119 cm³/mol. The quantitative estimate of drug-likeness (QED) is 0.285. The standard InChI is InChI=1S/C22H29N5O6/c1-2-8-32-22-23-10-15-19(26-22)27(20-18(31)17(30)16(12-29)33-20)21(25-15)24-14(11-28)9-13-6-4-3-5-7-13/h3-7,10,14,16-18,20,28-31H,2,8-9,11-12H2,1H3,(H,24,25)/t14-,16+,17+,18+,20+/m0/s1. The third kappa shape index (κ3) is 4.92. The summed E-state index contributed by atoms with van der Waals surface area (Å²) in [7, 11) is 0. The van der Waals surface area contributed by atoms with Crippen LogP contribution in [0.1, 0.15) is 25.1 Å². The van der Waals surface area contributed by atoms with Crippen LogP contribution in [0.3, 0.4) is 0 Å². The van der Waals surface area contributed by atoms with Crippen LogP contribution in [0.5, 0.6) is 6.01 Å². The number of rotatable bonds is 10. The number of fused-ring (bicyclic) bond motifs is 1. The van der Waals surface area contributed by atoms with Crippen LogP contribution in [0.15, 0.2) is 36.5 Å². The summed E-state index contributed by atoms with van der Waals surface area (Å²) in [6.45, 7) is 1.76. The number of benzene rings is 1. The Morgan fingerprint density at radius 3 is 2.61 bits per heavy atom. The predicted octanol–water partition coefficient (Wildman–Crippen LogP) is 0.242. The highest BCUT2D eigenvalue weighted by atomic mass is 16.6. The van der Waals surface area contributed by atoms with E-state index in [4.69, 9.17) is 9.47 Å². The van der Waals surface area contributed by atoms with Crippen molar-refractivity contribution >= 4 is 17.1 Å². The molecule has 11 nitrogen and oxygen atoms in total. The summed E-state index contributed by atoms with van der Waals surface area (Å²) >= 11 is 0. The molecule has 3 heterocycles. The molecule has 4 rings (SSSR count). The lowest BCUT2D eigenvalue weighted by Gasteiger charge is -2.22. The first-order valence-corrected chi connectivity index (χ1v) is 11.0. The second kappa shape index (κ2) is 10.4. The summed E-state index contributed by atoms with van der Waals surface area (Å²) in [6.07, 6.45) is -1.87. The van der Waals surface area contributed by atoms with Crippen molar-refractivity contribution in [3.63, 3.8) is 0 Å². The van der Waals surface area contributed by atoms with Gasteiger partial charge in [0.1, 0.15) is 23.8 Å². The molecule has 0 saturated carbocycles. The zero-order valence-corrected chi connectivity index (χ0v) is 18.3. The van der Waals surface area contributed by atoms with Crippen LogP contribution in [0, 0.1) is 0 Å². The number of ether oxygens (including phenoxy) is 2. The molecule has 0 spiro atoms. The number of aromatic nitrogens is 4. The molecule has 0 aliphatic carbocycles. The van der Waals surface area contributed by atoms with Crippen LogP contribution in [-0.2, 0) is 11.2 Å². The van der Waals surface area contributed by atoms with E-state index in [0.717, 1.165) is 12.0 Å². The molecule has 11 heteroatoms. The Morgan fingerprint density at radius 2 is 1.94 bits per heavy atom. The molecule has 178 valence electrons. The highest BCUT2D eigenvalue weighted by Crippen LogP contribution is 2.35. The number of hydrogen-bond donors (Lipinski definition) is 5. The maximum atomic E-state index is 10.7. The Hall–Kier alpha value is -2.83. The number of anilines is 1. The van der Waals surface area contributed by atoms with Crippen LogP contribution in [-0.4, -0.2) is 84.1 Å². The molecule has 1 aliphatic rings. The normalized spacial score (nSPS) is 23.7. The Balaban J connectivity index is 1.72. The van der Waals surface area contributed by atoms with E-state index in [-0.39, 0.29) is 18.6 Å². The first kappa shape index (κ1) is 23.3. The van der Waals surface area contributed by atoms with E-state index in [9.17, 15) is 20.4 Å². The van der Waals surface area contributed by atoms with E-state index in [1.54, 1.807) is 0 Å². The van der Waals surface area contributed by atoms with Gasteiger partial charge in [-0.2, -0.15) is 4.98 Å². The Labute approximate surface area is 190 Å². The molecule has 0 unspecified atom stereocenters. The summed E-state index contributed by atoms with van der Waals surface area (Å²) in [6, 6.07) is 9.43.